The molecule has 0 saturated carbocycles. The largest absolute Gasteiger partial charge is 0.383 e. The second-order valence-electron chi connectivity index (χ2n) is 3.20. The van der Waals surface area contributed by atoms with E-state index < -0.39 is 0 Å². The molecule has 0 amide bonds. The first-order valence-corrected chi connectivity index (χ1v) is 4.05. The Morgan fingerprint density at radius 1 is 1.73 bits per heavy atom. The zero-order valence-corrected chi connectivity index (χ0v) is 7.54. The van der Waals surface area contributed by atoms with Crippen LogP contribution < -0.4 is 0 Å². The topological polar surface area (TPSA) is 25.0 Å². The summed E-state index contributed by atoms with van der Waals surface area (Å²) in [5.74, 6) is 0. The number of likely N-dealkylation sites (N-methyl/N-ethyl adjacent to an activating group) is 1. The Kier molecular flexibility index (Phi) is 3.30. The molecule has 0 aromatic heterocycles. The fourth-order valence-corrected chi connectivity index (χ4v) is 1.04. The molecule has 1 saturated heterocycles. The van der Waals surface area contributed by atoms with E-state index in [0.717, 1.165) is 19.8 Å². The zero-order chi connectivity index (χ0) is 8.27. The van der Waals surface area contributed by atoms with Gasteiger partial charge in [-0.3, -0.25) is 4.90 Å². The van der Waals surface area contributed by atoms with Gasteiger partial charge in [-0.2, -0.15) is 0 Å². The molecule has 1 aliphatic heterocycles. The molecule has 11 heavy (non-hydrogen) atoms. The molecule has 0 aromatic carbocycles. The van der Waals surface area contributed by atoms with Gasteiger partial charge in [0.1, 0.15) is 0 Å². The Hall–Kier alpha value is -0.120. The highest BCUT2D eigenvalue weighted by atomic mass is 16.6. The van der Waals surface area contributed by atoms with Crippen LogP contribution in [0, 0.1) is 0 Å². The van der Waals surface area contributed by atoms with Crippen LogP contribution in [0.15, 0.2) is 0 Å². The lowest BCUT2D eigenvalue weighted by Crippen LogP contribution is -2.35. The summed E-state index contributed by atoms with van der Waals surface area (Å²) in [6.07, 6.45) is 0.485. The molecule has 1 heterocycles. The fraction of sp³-hybridized carbons (Fsp3) is 1.00. The highest BCUT2D eigenvalue weighted by molar-refractivity contribution is 4.75. The molecule has 1 aliphatic rings. The highest BCUT2D eigenvalue weighted by Gasteiger charge is 2.25. The van der Waals surface area contributed by atoms with Crippen molar-refractivity contribution in [3.63, 3.8) is 0 Å². The van der Waals surface area contributed by atoms with Gasteiger partial charge in [0.2, 0.25) is 0 Å². The van der Waals surface area contributed by atoms with Gasteiger partial charge in [-0.15, -0.1) is 0 Å². The van der Waals surface area contributed by atoms with Crippen molar-refractivity contribution in [3.8, 4) is 0 Å². The van der Waals surface area contributed by atoms with Crippen LogP contribution >= 0.6 is 0 Å². The molecule has 0 spiro atoms. The maximum Gasteiger partial charge on any atom is 0.0936 e. The molecule has 0 radical (unpaired) electrons. The third-order valence-corrected chi connectivity index (χ3v) is 2.05. The minimum absolute atomic E-state index is 0.485. The third-order valence-electron chi connectivity index (χ3n) is 2.05. The maximum atomic E-state index is 5.12. The van der Waals surface area contributed by atoms with Crippen LogP contribution in [0.2, 0.25) is 0 Å². The van der Waals surface area contributed by atoms with Crippen LogP contribution in [0.1, 0.15) is 6.92 Å². The van der Waals surface area contributed by atoms with E-state index in [1.54, 1.807) is 7.11 Å². The fourth-order valence-electron chi connectivity index (χ4n) is 1.04. The van der Waals surface area contributed by atoms with Gasteiger partial charge in [-0.05, 0) is 14.0 Å². The van der Waals surface area contributed by atoms with Crippen molar-refractivity contribution in [1.29, 1.82) is 0 Å². The number of epoxide rings is 1. The van der Waals surface area contributed by atoms with Crippen molar-refractivity contribution in [1.82, 2.24) is 4.90 Å². The molecule has 2 unspecified atom stereocenters. The first-order chi connectivity index (χ1) is 5.24. The smallest absolute Gasteiger partial charge is 0.0936 e. The third kappa shape index (κ3) is 3.18. The van der Waals surface area contributed by atoms with Crippen molar-refractivity contribution < 1.29 is 9.47 Å². The van der Waals surface area contributed by atoms with Crippen LogP contribution in [0.25, 0.3) is 0 Å². The summed E-state index contributed by atoms with van der Waals surface area (Å²) >= 11 is 0. The average Bonchev–Trinajstić information content (AvgIpc) is 2.72. The molecule has 0 bridgehead atoms. The van der Waals surface area contributed by atoms with Crippen molar-refractivity contribution in [2.24, 2.45) is 0 Å². The number of rotatable bonds is 5. The van der Waals surface area contributed by atoms with Gasteiger partial charge >= 0.3 is 0 Å². The SMILES string of the molecule is COCC(C)N(C)CC1CO1. The lowest BCUT2D eigenvalue weighted by molar-refractivity contribution is 0.111. The molecular weight excluding hydrogens is 142 g/mol. The van der Waals surface area contributed by atoms with E-state index in [0.29, 0.717) is 12.1 Å². The van der Waals surface area contributed by atoms with Crippen LogP contribution in [0.3, 0.4) is 0 Å². The van der Waals surface area contributed by atoms with Gasteiger partial charge in [0.25, 0.3) is 0 Å². The number of hydrogen-bond acceptors (Lipinski definition) is 3. The average molecular weight is 159 g/mol. The van der Waals surface area contributed by atoms with E-state index in [4.69, 9.17) is 9.47 Å². The molecule has 1 rings (SSSR count). The Bertz CT molecular complexity index is 115. The summed E-state index contributed by atoms with van der Waals surface area (Å²) in [5.41, 5.74) is 0. The van der Waals surface area contributed by atoms with E-state index in [1.165, 1.54) is 0 Å². The number of hydrogen-bond donors (Lipinski definition) is 0. The van der Waals surface area contributed by atoms with Crippen LogP contribution in [-0.2, 0) is 9.47 Å². The lowest BCUT2D eigenvalue weighted by atomic mass is 10.3. The normalized spacial score (nSPS) is 25.6. The van der Waals surface area contributed by atoms with Crippen molar-refractivity contribution in [2.45, 2.75) is 19.1 Å². The molecule has 0 N–H and O–H groups in total. The van der Waals surface area contributed by atoms with Crippen molar-refractivity contribution in [2.75, 3.05) is 33.9 Å². The molecular formula is C8H17NO2. The second kappa shape index (κ2) is 4.04. The predicted octanol–water partition coefficient (Wildman–Crippen LogP) is 0.352. The highest BCUT2D eigenvalue weighted by Crippen LogP contribution is 2.11. The number of nitrogens with zero attached hydrogens (tertiary/aromatic N) is 1. The molecule has 66 valence electrons. The summed E-state index contributed by atoms with van der Waals surface area (Å²) < 4.78 is 10.2. The molecule has 3 nitrogen and oxygen atoms in total. The Labute approximate surface area is 68.3 Å². The van der Waals surface area contributed by atoms with Crippen LogP contribution in [-0.4, -0.2) is 51.0 Å². The standard InChI is InChI=1S/C8H17NO2/c1-7(5-10-3)9(2)4-8-6-11-8/h7-8H,4-6H2,1-3H3. The van der Waals surface area contributed by atoms with Crippen LogP contribution in [0.4, 0.5) is 0 Å². The van der Waals surface area contributed by atoms with Gasteiger partial charge in [0, 0.05) is 19.7 Å². The monoisotopic (exact) mass is 159 g/mol. The molecule has 0 aliphatic carbocycles. The van der Waals surface area contributed by atoms with Gasteiger partial charge in [0.05, 0.1) is 19.3 Å². The first kappa shape index (κ1) is 8.97. The Morgan fingerprint density at radius 3 is 2.82 bits per heavy atom. The van der Waals surface area contributed by atoms with E-state index in [-0.39, 0.29) is 0 Å². The van der Waals surface area contributed by atoms with Crippen molar-refractivity contribution >= 4 is 0 Å². The van der Waals surface area contributed by atoms with Gasteiger partial charge in [0.15, 0.2) is 0 Å². The molecule has 2 atom stereocenters. The van der Waals surface area contributed by atoms with Crippen LogP contribution in [0.5, 0.6) is 0 Å². The molecule has 3 heteroatoms. The minimum atomic E-state index is 0.485. The molecule has 0 aromatic rings. The van der Waals surface area contributed by atoms with Gasteiger partial charge < -0.3 is 9.47 Å². The van der Waals surface area contributed by atoms with Crippen molar-refractivity contribution in [3.05, 3.63) is 0 Å². The van der Waals surface area contributed by atoms with Gasteiger partial charge in [-0.25, -0.2) is 0 Å². The predicted molar refractivity (Wildman–Crippen MR) is 43.7 cm³/mol. The summed E-state index contributed by atoms with van der Waals surface area (Å²) in [4.78, 5) is 2.27. The maximum absolute atomic E-state index is 5.12. The second-order valence-corrected chi connectivity index (χ2v) is 3.20. The van der Waals surface area contributed by atoms with E-state index in [2.05, 4.69) is 18.9 Å². The minimum Gasteiger partial charge on any atom is -0.383 e. The number of ether oxygens (including phenoxy) is 2. The Balaban J connectivity index is 2.10. The summed E-state index contributed by atoms with van der Waals surface area (Å²) in [7, 11) is 3.84. The molecule has 1 fully saturated rings. The summed E-state index contributed by atoms with van der Waals surface area (Å²) in [6.45, 7) is 4.92. The summed E-state index contributed by atoms with van der Waals surface area (Å²) in [6, 6.07) is 0.490. The first-order valence-electron chi connectivity index (χ1n) is 4.05. The lowest BCUT2D eigenvalue weighted by Gasteiger charge is -2.22. The van der Waals surface area contributed by atoms with E-state index in [1.807, 2.05) is 0 Å². The Morgan fingerprint density at radius 2 is 2.36 bits per heavy atom. The van der Waals surface area contributed by atoms with E-state index >= 15 is 0 Å². The van der Waals surface area contributed by atoms with Gasteiger partial charge in [-0.1, -0.05) is 0 Å². The number of methoxy groups -OCH3 is 1. The zero-order valence-electron chi connectivity index (χ0n) is 7.54. The summed E-state index contributed by atoms with van der Waals surface area (Å²) in [5, 5.41) is 0. The quantitative estimate of drug-likeness (QED) is 0.541. The van der Waals surface area contributed by atoms with E-state index in [9.17, 15) is 0 Å².